The summed E-state index contributed by atoms with van der Waals surface area (Å²) in [5.74, 6) is 1.15. The van der Waals surface area contributed by atoms with Gasteiger partial charge in [-0.05, 0) is 12.3 Å². The lowest BCUT2D eigenvalue weighted by Crippen LogP contribution is -2.35. The summed E-state index contributed by atoms with van der Waals surface area (Å²) in [5, 5.41) is 6.94. The molecule has 0 amide bonds. The van der Waals surface area contributed by atoms with Crippen molar-refractivity contribution in [1.82, 2.24) is 19.9 Å². The first-order valence-corrected chi connectivity index (χ1v) is 6.93. The predicted molar refractivity (Wildman–Crippen MR) is 70.1 cm³/mol. The first-order valence-electron chi connectivity index (χ1n) is 6.93. The minimum Gasteiger partial charge on any atom is -0.350 e. The molecule has 21 heavy (non-hydrogen) atoms. The number of fused-ring (bicyclic) bond motifs is 2. The zero-order valence-corrected chi connectivity index (χ0v) is 11.1. The van der Waals surface area contributed by atoms with Gasteiger partial charge in [-0.1, -0.05) is 0 Å². The summed E-state index contributed by atoms with van der Waals surface area (Å²) in [6, 6.07) is 1.39. The monoisotopic (exact) mass is 297 g/mol. The van der Waals surface area contributed by atoms with Gasteiger partial charge < -0.3 is 10.2 Å². The molecule has 2 fully saturated rings. The smallest absolute Gasteiger partial charge is 0.350 e. The zero-order valence-electron chi connectivity index (χ0n) is 11.1. The molecule has 2 aromatic rings. The number of halogens is 3. The fourth-order valence-electron chi connectivity index (χ4n) is 3.38. The van der Waals surface area contributed by atoms with Gasteiger partial charge >= 0.3 is 6.18 Å². The van der Waals surface area contributed by atoms with Gasteiger partial charge in [0.25, 0.3) is 0 Å². The Bertz CT molecular complexity index is 680. The molecule has 0 unspecified atom stereocenters. The zero-order chi connectivity index (χ0) is 14.6. The molecular weight excluding hydrogens is 283 g/mol. The highest BCUT2D eigenvalue weighted by Crippen LogP contribution is 2.35. The molecule has 4 heterocycles. The normalized spacial score (nSPS) is 25.8. The average Bonchev–Trinajstić information content (AvgIpc) is 3.11. The molecular formula is C13H14F3N5. The number of rotatable bonds is 1. The molecule has 2 aliphatic heterocycles. The highest BCUT2D eigenvalue weighted by Gasteiger charge is 2.40. The summed E-state index contributed by atoms with van der Waals surface area (Å²) in [6.07, 6.45) is -0.438. The van der Waals surface area contributed by atoms with Crippen LogP contribution in [-0.4, -0.2) is 40.3 Å². The van der Waals surface area contributed by atoms with Crippen LogP contribution in [0.15, 0.2) is 18.5 Å². The summed E-state index contributed by atoms with van der Waals surface area (Å²) < 4.78 is 39.8. The molecule has 112 valence electrons. The Labute approximate surface area is 118 Å². The van der Waals surface area contributed by atoms with Crippen LogP contribution in [0.2, 0.25) is 0 Å². The summed E-state index contributed by atoms with van der Waals surface area (Å²) in [6.45, 7) is 2.65. The van der Waals surface area contributed by atoms with Gasteiger partial charge in [-0.3, -0.25) is 0 Å². The number of alkyl halides is 3. The van der Waals surface area contributed by atoms with Crippen LogP contribution in [0.5, 0.6) is 0 Å². The lowest BCUT2D eigenvalue weighted by Gasteiger charge is -2.24. The second-order valence-electron chi connectivity index (χ2n) is 5.58. The number of hydrogen-bond acceptors (Lipinski definition) is 4. The van der Waals surface area contributed by atoms with E-state index in [-0.39, 0.29) is 0 Å². The minimum absolute atomic E-state index is 0.313. The molecule has 0 aliphatic carbocycles. The molecule has 2 saturated heterocycles. The largest absolute Gasteiger partial charge is 0.435 e. The molecule has 8 heteroatoms. The molecule has 0 aromatic carbocycles. The van der Waals surface area contributed by atoms with E-state index in [1.54, 1.807) is 0 Å². The van der Waals surface area contributed by atoms with Gasteiger partial charge in [0.15, 0.2) is 11.5 Å². The minimum atomic E-state index is -4.44. The van der Waals surface area contributed by atoms with Crippen LogP contribution in [0.1, 0.15) is 12.1 Å². The number of nitrogens with zero attached hydrogens (tertiary/aromatic N) is 4. The van der Waals surface area contributed by atoms with Gasteiger partial charge in [-0.25, -0.2) is 9.50 Å². The lowest BCUT2D eigenvalue weighted by molar-refractivity contribution is -0.141. The van der Waals surface area contributed by atoms with E-state index in [1.165, 1.54) is 16.9 Å². The molecule has 2 aromatic heterocycles. The van der Waals surface area contributed by atoms with Crippen molar-refractivity contribution in [3.63, 3.8) is 0 Å². The molecule has 4 rings (SSSR count). The predicted octanol–water partition coefficient (Wildman–Crippen LogP) is 1.55. The third-order valence-electron chi connectivity index (χ3n) is 4.38. The van der Waals surface area contributed by atoms with Crippen molar-refractivity contribution in [2.75, 3.05) is 24.5 Å². The van der Waals surface area contributed by atoms with Crippen LogP contribution in [0, 0.1) is 5.92 Å². The van der Waals surface area contributed by atoms with Crippen molar-refractivity contribution in [2.45, 2.75) is 18.6 Å². The van der Waals surface area contributed by atoms with Gasteiger partial charge in [-0.15, -0.1) is 0 Å². The Hall–Kier alpha value is -1.83. The summed E-state index contributed by atoms with van der Waals surface area (Å²) >= 11 is 0. The van der Waals surface area contributed by atoms with E-state index in [0.717, 1.165) is 32.1 Å². The molecule has 0 radical (unpaired) electrons. The third kappa shape index (κ3) is 1.97. The van der Waals surface area contributed by atoms with Gasteiger partial charge in [0, 0.05) is 44.1 Å². The molecule has 0 spiro atoms. The van der Waals surface area contributed by atoms with Crippen LogP contribution in [0.4, 0.5) is 19.0 Å². The molecule has 5 nitrogen and oxygen atoms in total. The van der Waals surface area contributed by atoms with Crippen molar-refractivity contribution in [3.05, 3.63) is 24.2 Å². The fraction of sp³-hybridized carbons (Fsp3) is 0.538. The Kier molecular flexibility index (Phi) is 2.66. The topological polar surface area (TPSA) is 45.5 Å². The third-order valence-corrected chi connectivity index (χ3v) is 4.38. The maximum absolute atomic E-state index is 12.8. The SMILES string of the molecule is FC(F)(F)c1cc2c(N3CC[C@H]4CNC[C@H]43)nccn2n1. The van der Waals surface area contributed by atoms with Crippen LogP contribution < -0.4 is 10.2 Å². The van der Waals surface area contributed by atoms with E-state index in [2.05, 4.69) is 20.3 Å². The average molecular weight is 297 g/mol. The Morgan fingerprint density at radius 3 is 2.95 bits per heavy atom. The molecule has 2 aliphatic rings. The van der Waals surface area contributed by atoms with Gasteiger partial charge in [-0.2, -0.15) is 18.3 Å². The number of anilines is 1. The Morgan fingerprint density at radius 1 is 1.29 bits per heavy atom. The summed E-state index contributed by atoms with van der Waals surface area (Å²) in [5.41, 5.74) is -0.464. The highest BCUT2D eigenvalue weighted by molar-refractivity contribution is 5.70. The van der Waals surface area contributed by atoms with Crippen molar-refractivity contribution in [2.24, 2.45) is 5.92 Å². The van der Waals surface area contributed by atoms with Gasteiger partial charge in [0.1, 0.15) is 5.52 Å². The molecule has 0 bridgehead atoms. The first-order chi connectivity index (χ1) is 10.0. The van der Waals surface area contributed by atoms with Crippen molar-refractivity contribution >= 4 is 11.3 Å². The molecule has 1 N–H and O–H groups in total. The van der Waals surface area contributed by atoms with E-state index < -0.39 is 11.9 Å². The Balaban J connectivity index is 1.80. The molecule has 2 atom stereocenters. The van der Waals surface area contributed by atoms with E-state index in [0.29, 0.717) is 23.3 Å². The molecule has 0 saturated carbocycles. The van der Waals surface area contributed by atoms with E-state index in [1.807, 2.05) is 0 Å². The van der Waals surface area contributed by atoms with E-state index >= 15 is 0 Å². The number of nitrogens with one attached hydrogen (secondary N) is 1. The Morgan fingerprint density at radius 2 is 2.14 bits per heavy atom. The lowest BCUT2D eigenvalue weighted by atomic mass is 10.1. The van der Waals surface area contributed by atoms with Gasteiger partial charge in [0.05, 0.1) is 0 Å². The summed E-state index contributed by atoms with van der Waals surface area (Å²) in [4.78, 5) is 6.43. The van der Waals surface area contributed by atoms with Crippen LogP contribution >= 0.6 is 0 Å². The van der Waals surface area contributed by atoms with E-state index in [4.69, 9.17) is 0 Å². The standard InChI is InChI=1S/C13H14F3N5/c14-13(15,16)11-5-9-12(18-2-4-21(9)19-11)20-3-1-8-6-17-7-10(8)20/h2,4-5,8,10,17H,1,3,6-7H2/t8-,10+/m0/s1. The second-order valence-corrected chi connectivity index (χ2v) is 5.58. The second kappa shape index (κ2) is 4.33. The quantitative estimate of drug-likeness (QED) is 0.867. The first kappa shape index (κ1) is 12.9. The van der Waals surface area contributed by atoms with E-state index in [9.17, 15) is 13.2 Å². The van der Waals surface area contributed by atoms with Crippen molar-refractivity contribution < 1.29 is 13.2 Å². The fourth-order valence-corrected chi connectivity index (χ4v) is 3.38. The van der Waals surface area contributed by atoms with Crippen molar-refractivity contribution in [1.29, 1.82) is 0 Å². The van der Waals surface area contributed by atoms with Crippen LogP contribution in [0.3, 0.4) is 0 Å². The number of aromatic nitrogens is 3. The highest BCUT2D eigenvalue weighted by atomic mass is 19.4. The summed E-state index contributed by atoms with van der Waals surface area (Å²) in [7, 11) is 0. The van der Waals surface area contributed by atoms with Crippen LogP contribution in [-0.2, 0) is 6.18 Å². The van der Waals surface area contributed by atoms with Crippen LogP contribution in [0.25, 0.3) is 5.52 Å². The maximum atomic E-state index is 12.8. The number of hydrogen-bond donors (Lipinski definition) is 1. The van der Waals surface area contributed by atoms with Crippen molar-refractivity contribution in [3.8, 4) is 0 Å². The van der Waals surface area contributed by atoms with Gasteiger partial charge in [0.2, 0.25) is 0 Å². The maximum Gasteiger partial charge on any atom is 0.435 e.